The molecule has 0 bridgehead atoms. The van der Waals surface area contributed by atoms with Crippen LogP contribution >= 0.6 is 0 Å². The van der Waals surface area contributed by atoms with E-state index in [1.54, 1.807) is 0 Å². The molecule has 2 rings (SSSR count). The van der Waals surface area contributed by atoms with Crippen LogP contribution in [-0.2, 0) is 0 Å². The highest BCUT2D eigenvalue weighted by molar-refractivity contribution is 5.00. The highest BCUT2D eigenvalue weighted by Gasteiger charge is 2.45. The quantitative estimate of drug-likeness (QED) is 0.699. The monoisotopic (exact) mass is 197 g/mol. The number of likely N-dealkylation sites (tertiary alicyclic amines) is 2. The number of hydrogen-bond donors (Lipinski definition) is 1. The van der Waals surface area contributed by atoms with Gasteiger partial charge in [0.25, 0.3) is 0 Å². The second-order valence-corrected chi connectivity index (χ2v) is 5.35. The molecule has 1 N–H and O–H groups in total. The first-order chi connectivity index (χ1) is 6.63. The Kier molecular flexibility index (Phi) is 2.82. The van der Waals surface area contributed by atoms with Gasteiger partial charge in [0.2, 0.25) is 0 Å². The Labute approximate surface area is 87.4 Å². The van der Waals surface area contributed by atoms with Crippen LogP contribution in [0.25, 0.3) is 0 Å². The van der Waals surface area contributed by atoms with Gasteiger partial charge in [-0.15, -0.1) is 0 Å². The van der Waals surface area contributed by atoms with Crippen molar-refractivity contribution in [2.45, 2.75) is 19.4 Å². The Morgan fingerprint density at radius 1 is 1.36 bits per heavy atom. The predicted molar refractivity (Wildman–Crippen MR) is 59.5 cm³/mol. The van der Waals surface area contributed by atoms with E-state index in [2.05, 4.69) is 29.1 Å². The molecule has 3 heteroatoms. The van der Waals surface area contributed by atoms with Gasteiger partial charge in [-0.05, 0) is 34.0 Å². The predicted octanol–water partition coefficient (Wildman–Crippen LogP) is 0.232. The van der Waals surface area contributed by atoms with E-state index in [1.165, 1.54) is 39.1 Å². The maximum absolute atomic E-state index is 3.31. The summed E-state index contributed by atoms with van der Waals surface area (Å²) < 4.78 is 0. The van der Waals surface area contributed by atoms with Crippen molar-refractivity contribution in [1.29, 1.82) is 0 Å². The number of nitrogens with zero attached hydrogens (tertiary/aromatic N) is 2. The summed E-state index contributed by atoms with van der Waals surface area (Å²) in [6, 6.07) is 0.628. The molecular weight excluding hydrogens is 174 g/mol. The number of nitrogens with one attached hydrogen (secondary N) is 1. The molecule has 3 nitrogen and oxygen atoms in total. The third kappa shape index (κ3) is 1.95. The Morgan fingerprint density at radius 2 is 2.07 bits per heavy atom. The van der Waals surface area contributed by atoms with Crippen LogP contribution in [0.3, 0.4) is 0 Å². The lowest BCUT2D eigenvalue weighted by Crippen LogP contribution is -2.55. The summed E-state index contributed by atoms with van der Waals surface area (Å²) in [5.41, 5.74) is 0.669. The van der Waals surface area contributed by atoms with Gasteiger partial charge in [-0.25, -0.2) is 0 Å². The fourth-order valence-electron chi connectivity index (χ4n) is 3.02. The third-order valence-corrected chi connectivity index (χ3v) is 3.75. The Morgan fingerprint density at radius 3 is 2.64 bits per heavy atom. The highest BCUT2D eigenvalue weighted by atomic mass is 15.3. The van der Waals surface area contributed by atoms with E-state index in [9.17, 15) is 0 Å². The first-order valence-electron chi connectivity index (χ1n) is 5.72. The summed E-state index contributed by atoms with van der Waals surface area (Å²) in [6.07, 6.45) is 1.41. The number of likely N-dealkylation sites (N-methyl/N-ethyl adjacent to an activating group) is 1. The maximum Gasteiger partial charge on any atom is 0.0163 e. The molecule has 2 aliphatic heterocycles. The summed E-state index contributed by atoms with van der Waals surface area (Å²) in [7, 11) is 4.28. The molecule has 0 aliphatic carbocycles. The molecule has 0 saturated carbocycles. The van der Waals surface area contributed by atoms with Crippen molar-refractivity contribution in [2.75, 3.05) is 46.8 Å². The van der Waals surface area contributed by atoms with Crippen molar-refractivity contribution in [3.05, 3.63) is 0 Å². The number of hydrogen-bond acceptors (Lipinski definition) is 3. The molecule has 1 spiro atoms. The zero-order valence-corrected chi connectivity index (χ0v) is 9.71. The maximum atomic E-state index is 3.31. The largest absolute Gasteiger partial charge is 0.316 e. The lowest BCUT2D eigenvalue weighted by molar-refractivity contribution is 0.0302. The van der Waals surface area contributed by atoms with Gasteiger partial charge >= 0.3 is 0 Å². The number of rotatable bonds is 3. The molecule has 0 aromatic heterocycles. The molecular formula is C11H23N3. The van der Waals surface area contributed by atoms with Crippen molar-refractivity contribution in [3.63, 3.8) is 0 Å². The highest BCUT2D eigenvalue weighted by Crippen LogP contribution is 2.38. The van der Waals surface area contributed by atoms with Gasteiger partial charge in [0.15, 0.2) is 0 Å². The first kappa shape index (κ1) is 10.4. The van der Waals surface area contributed by atoms with Crippen molar-refractivity contribution in [3.8, 4) is 0 Å². The van der Waals surface area contributed by atoms with E-state index < -0.39 is 0 Å². The minimum Gasteiger partial charge on any atom is -0.316 e. The second kappa shape index (κ2) is 3.80. The minimum atomic E-state index is 0.628. The fourth-order valence-corrected chi connectivity index (χ4v) is 3.02. The summed E-state index contributed by atoms with van der Waals surface area (Å²) in [4.78, 5) is 5.05. The lowest BCUT2D eigenvalue weighted by atomic mass is 9.79. The van der Waals surface area contributed by atoms with Crippen LogP contribution in [0.4, 0.5) is 0 Å². The van der Waals surface area contributed by atoms with E-state index in [4.69, 9.17) is 0 Å². The first-order valence-corrected chi connectivity index (χ1v) is 5.72. The molecule has 0 amide bonds. The Hall–Kier alpha value is -0.120. The van der Waals surface area contributed by atoms with Crippen LogP contribution in [0.5, 0.6) is 0 Å². The van der Waals surface area contributed by atoms with Crippen molar-refractivity contribution < 1.29 is 0 Å². The van der Waals surface area contributed by atoms with Crippen LogP contribution < -0.4 is 5.32 Å². The molecule has 1 unspecified atom stereocenters. The van der Waals surface area contributed by atoms with Crippen LogP contribution in [0.15, 0.2) is 0 Å². The van der Waals surface area contributed by atoms with Gasteiger partial charge in [-0.1, -0.05) is 0 Å². The normalized spacial score (nSPS) is 29.4. The SMILES string of the molecule is CNC(C)CN1CCC2(CN(C)C2)C1. The Balaban J connectivity index is 1.78. The zero-order valence-electron chi connectivity index (χ0n) is 9.71. The van der Waals surface area contributed by atoms with Gasteiger partial charge in [-0.3, -0.25) is 0 Å². The zero-order chi connectivity index (χ0) is 10.2. The van der Waals surface area contributed by atoms with Crippen molar-refractivity contribution in [2.24, 2.45) is 5.41 Å². The standard InChI is InChI=1S/C11H23N3/c1-10(12-2)6-14-5-4-11(9-14)7-13(3)8-11/h10,12H,4-9H2,1-3H3. The average Bonchev–Trinajstić information content (AvgIpc) is 2.48. The molecule has 0 aromatic rings. The van der Waals surface area contributed by atoms with Gasteiger partial charge in [-0.2, -0.15) is 0 Å². The molecule has 2 saturated heterocycles. The van der Waals surface area contributed by atoms with Crippen LogP contribution in [0.2, 0.25) is 0 Å². The van der Waals surface area contributed by atoms with E-state index in [-0.39, 0.29) is 0 Å². The topological polar surface area (TPSA) is 18.5 Å². The van der Waals surface area contributed by atoms with Crippen LogP contribution in [0.1, 0.15) is 13.3 Å². The molecule has 2 aliphatic rings. The van der Waals surface area contributed by atoms with Crippen molar-refractivity contribution in [1.82, 2.24) is 15.1 Å². The second-order valence-electron chi connectivity index (χ2n) is 5.35. The van der Waals surface area contributed by atoms with Crippen LogP contribution in [-0.4, -0.2) is 62.7 Å². The minimum absolute atomic E-state index is 0.628. The molecule has 82 valence electrons. The van der Waals surface area contributed by atoms with E-state index >= 15 is 0 Å². The fraction of sp³-hybridized carbons (Fsp3) is 1.00. The van der Waals surface area contributed by atoms with Crippen molar-refractivity contribution >= 4 is 0 Å². The molecule has 2 fully saturated rings. The Bertz CT molecular complexity index is 199. The van der Waals surface area contributed by atoms with Gasteiger partial charge in [0.05, 0.1) is 0 Å². The van der Waals surface area contributed by atoms with Gasteiger partial charge < -0.3 is 15.1 Å². The molecule has 1 atom stereocenters. The summed E-state index contributed by atoms with van der Waals surface area (Å²) >= 11 is 0. The molecule has 2 heterocycles. The average molecular weight is 197 g/mol. The molecule has 0 radical (unpaired) electrons. The van der Waals surface area contributed by atoms with Gasteiger partial charge in [0, 0.05) is 37.6 Å². The summed E-state index contributed by atoms with van der Waals surface area (Å²) in [5, 5.41) is 3.31. The molecule has 0 aromatic carbocycles. The van der Waals surface area contributed by atoms with Crippen LogP contribution in [0, 0.1) is 5.41 Å². The summed E-state index contributed by atoms with van der Waals surface area (Å²) in [5.74, 6) is 0. The lowest BCUT2D eigenvalue weighted by Gasteiger charge is -2.46. The molecule has 14 heavy (non-hydrogen) atoms. The van der Waals surface area contributed by atoms with E-state index in [1.807, 2.05) is 7.05 Å². The third-order valence-electron chi connectivity index (χ3n) is 3.75. The summed E-state index contributed by atoms with van der Waals surface area (Å²) in [6.45, 7) is 8.73. The van der Waals surface area contributed by atoms with Gasteiger partial charge in [0.1, 0.15) is 0 Å². The van der Waals surface area contributed by atoms with E-state index in [0.29, 0.717) is 11.5 Å². The smallest absolute Gasteiger partial charge is 0.0163 e. The van der Waals surface area contributed by atoms with E-state index in [0.717, 1.165) is 0 Å².